The minimum Gasteiger partial charge on any atom is -0.481 e. The summed E-state index contributed by atoms with van der Waals surface area (Å²) >= 11 is 0. The van der Waals surface area contributed by atoms with E-state index in [-0.39, 0.29) is 6.54 Å². The van der Waals surface area contributed by atoms with Gasteiger partial charge in [-0.1, -0.05) is 6.42 Å². The molecule has 1 aliphatic rings. The first-order valence-electron chi connectivity index (χ1n) is 5.07. The van der Waals surface area contributed by atoms with Gasteiger partial charge in [-0.3, -0.25) is 4.79 Å². The van der Waals surface area contributed by atoms with Gasteiger partial charge in [0, 0.05) is 6.54 Å². The Morgan fingerprint density at radius 3 is 2.18 bits per heavy atom. The number of rotatable bonds is 4. The van der Waals surface area contributed by atoms with Crippen molar-refractivity contribution in [2.75, 3.05) is 13.1 Å². The fourth-order valence-corrected chi connectivity index (χ4v) is 1.56. The average molecular weight is 254 g/mol. The van der Waals surface area contributed by atoms with Crippen LogP contribution < -0.4 is 10.6 Å². The number of urea groups is 1. The second kappa shape index (κ2) is 4.80. The molecule has 0 aromatic heterocycles. The van der Waals surface area contributed by atoms with Crippen molar-refractivity contribution in [2.45, 2.75) is 25.4 Å². The predicted octanol–water partition coefficient (Wildman–Crippen LogP) is 1.10. The Labute approximate surface area is 95.4 Å². The maximum absolute atomic E-state index is 11.8. The number of hydrogen-bond acceptors (Lipinski definition) is 2. The Bertz CT molecular complexity index is 313. The summed E-state index contributed by atoms with van der Waals surface area (Å²) in [5.41, 5.74) is -1.00. The SMILES string of the molecule is O=C(NCC(F)(F)F)NCC1(C(=O)O)CCC1. The lowest BCUT2D eigenvalue weighted by atomic mass is 9.69. The molecule has 0 atom stereocenters. The second-order valence-electron chi connectivity index (χ2n) is 4.09. The zero-order valence-corrected chi connectivity index (χ0v) is 8.93. The molecule has 5 nitrogen and oxygen atoms in total. The van der Waals surface area contributed by atoms with Crippen LogP contribution in [0.1, 0.15) is 19.3 Å². The van der Waals surface area contributed by atoms with Gasteiger partial charge >= 0.3 is 18.2 Å². The molecular formula is C9H13F3N2O3. The molecule has 3 N–H and O–H groups in total. The van der Waals surface area contributed by atoms with E-state index in [0.29, 0.717) is 12.8 Å². The van der Waals surface area contributed by atoms with Crippen molar-refractivity contribution in [1.82, 2.24) is 10.6 Å². The van der Waals surface area contributed by atoms with Crippen molar-refractivity contribution in [3.05, 3.63) is 0 Å². The Morgan fingerprint density at radius 2 is 1.82 bits per heavy atom. The lowest BCUT2D eigenvalue weighted by Gasteiger charge is -2.37. The Balaban J connectivity index is 2.30. The molecule has 0 radical (unpaired) electrons. The highest BCUT2D eigenvalue weighted by Crippen LogP contribution is 2.40. The molecular weight excluding hydrogens is 241 g/mol. The number of amides is 2. The first-order valence-corrected chi connectivity index (χ1v) is 5.07. The van der Waals surface area contributed by atoms with E-state index in [2.05, 4.69) is 5.32 Å². The van der Waals surface area contributed by atoms with Crippen LogP contribution >= 0.6 is 0 Å². The monoisotopic (exact) mass is 254 g/mol. The maximum Gasteiger partial charge on any atom is 0.405 e. The molecule has 0 unspecified atom stereocenters. The van der Waals surface area contributed by atoms with Crippen molar-refractivity contribution < 1.29 is 27.9 Å². The topological polar surface area (TPSA) is 78.4 Å². The van der Waals surface area contributed by atoms with Gasteiger partial charge in [0.2, 0.25) is 0 Å². The molecule has 2 amide bonds. The second-order valence-corrected chi connectivity index (χ2v) is 4.09. The van der Waals surface area contributed by atoms with Crippen LogP contribution in [-0.4, -0.2) is 36.4 Å². The van der Waals surface area contributed by atoms with Crippen molar-refractivity contribution in [2.24, 2.45) is 5.41 Å². The van der Waals surface area contributed by atoms with Crippen LogP contribution in [0.3, 0.4) is 0 Å². The highest BCUT2D eigenvalue weighted by atomic mass is 19.4. The number of nitrogens with one attached hydrogen (secondary N) is 2. The highest BCUT2D eigenvalue weighted by molar-refractivity contribution is 5.78. The largest absolute Gasteiger partial charge is 0.481 e. The Hall–Kier alpha value is -1.47. The Morgan fingerprint density at radius 1 is 1.24 bits per heavy atom. The molecule has 0 heterocycles. The first kappa shape index (κ1) is 13.6. The molecule has 17 heavy (non-hydrogen) atoms. The highest BCUT2D eigenvalue weighted by Gasteiger charge is 2.44. The summed E-state index contributed by atoms with van der Waals surface area (Å²) in [6.07, 6.45) is -2.86. The van der Waals surface area contributed by atoms with E-state index in [9.17, 15) is 22.8 Å². The van der Waals surface area contributed by atoms with Crippen molar-refractivity contribution >= 4 is 12.0 Å². The van der Waals surface area contributed by atoms with Crippen molar-refractivity contribution in [3.63, 3.8) is 0 Å². The van der Waals surface area contributed by atoms with Crippen LogP contribution in [0.25, 0.3) is 0 Å². The molecule has 0 bridgehead atoms. The predicted molar refractivity (Wildman–Crippen MR) is 51.4 cm³/mol. The van der Waals surface area contributed by atoms with Crippen LogP contribution in [0.15, 0.2) is 0 Å². The third-order valence-electron chi connectivity index (χ3n) is 2.80. The zero-order chi connectivity index (χ0) is 13.1. The van der Waals surface area contributed by atoms with Gasteiger partial charge in [0.1, 0.15) is 6.54 Å². The van der Waals surface area contributed by atoms with Gasteiger partial charge in [-0.05, 0) is 12.8 Å². The van der Waals surface area contributed by atoms with Gasteiger partial charge in [-0.15, -0.1) is 0 Å². The average Bonchev–Trinajstić information content (AvgIpc) is 2.11. The smallest absolute Gasteiger partial charge is 0.405 e. The number of carbonyl (C=O) groups excluding carboxylic acids is 1. The lowest BCUT2D eigenvalue weighted by Crippen LogP contribution is -2.50. The summed E-state index contributed by atoms with van der Waals surface area (Å²) in [5.74, 6) is -1.03. The van der Waals surface area contributed by atoms with E-state index in [4.69, 9.17) is 5.11 Å². The molecule has 8 heteroatoms. The number of carboxylic acid groups (broad SMARTS) is 1. The van der Waals surface area contributed by atoms with Crippen LogP contribution in [0.2, 0.25) is 0 Å². The molecule has 1 aliphatic carbocycles. The van der Waals surface area contributed by atoms with Crippen LogP contribution in [-0.2, 0) is 4.79 Å². The van der Waals surface area contributed by atoms with Gasteiger partial charge in [-0.2, -0.15) is 13.2 Å². The molecule has 0 aromatic carbocycles. The molecule has 0 spiro atoms. The molecule has 1 rings (SSSR count). The number of hydrogen-bond donors (Lipinski definition) is 3. The third kappa shape index (κ3) is 3.79. The molecule has 0 aromatic rings. The number of alkyl halides is 3. The molecule has 0 saturated heterocycles. The zero-order valence-electron chi connectivity index (χ0n) is 8.93. The van der Waals surface area contributed by atoms with E-state index in [1.165, 1.54) is 0 Å². The van der Waals surface area contributed by atoms with Gasteiger partial charge in [-0.25, -0.2) is 4.79 Å². The molecule has 0 aliphatic heterocycles. The summed E-state index contributed by atoms with van der Waals surface area (Å²) in [4.78, 5) is 21.9. The van der Waals surface area contributed by atoms with Crippen LogP contribution in [0.5, 0.6) is 0 Å². The van der Waals surface area contributed by atoms with Crippen LogP contribution in [0, 0.1) is 5.41 Å². The standard InChI is InChI=1S/C9H13F3N2O3/c10-9(11,12)5-14-7(17)13-4-8(6(15)16)2-1-3-8/h1-5H2,(H,15,16)(H2,13,14,17). The van der Waals surface area contributed by atoms with Crippen LogP contribution in [0.4, 0.5) is 18.0 Å². The maximum atomic E-state index is 11.8. The van der Waals surface area contributed by atoms with E-state index >= 15 is 0 Å². The van der Waals surface area contributed by atoms with E-state index in [1.54, 1.807) is 5.32 Å². The quantitative estimate of drug-likeness (QED) is 0.703. The van der Waals surface area contributed by atoms with Crippen molar-refractivity contribution in [1.29, 1.82) is 0 Å². The van der Waals surface area contributed by atoms with Gasteiger partial charge in [0.25, 0.3) is 0 Å². The van der Waals surface area contributed by atoms with Gasteiger partial charge < -0.3 is 15.7 Å². The minimum atomic E-state index is -4.47. The normalized spacial score (nSPS) is 18.1. The fourth-order valence-electron chi connectivity index (χ4n) is 1.56. The molecule has 1 fully saturated rings. The van der Waals surface area contributed by atoms with E-state index < -0.39 is 30.1 Å². The lowest BCUT2D eigenvalue weighted by molar-refractivity contribution is -0.153. The summed E-state index contributed by atoms with van der Waals surface area (Å²) in [6.45, 7) is -1.58. The van der Waals surface area contributed by atoms with E-state index in [1.807, 2.05) is 0 Å². The molecule has 98 valence electrons. The van der Waals surface area contributed by atoms with E-state index in [0.717, 1.165) is 6.42 Å². The summed E-state index contributed by atoms with van der Waals surface area (Å²) in [5, 5.41) is 12.7. The fraction of sp³-hybridized carbons (Fsp3) is 0.778. The summed E-state index contributed by atoms with van der Waals surface area (Å²) < 4.78 is 35.3. The third-order valence-corrected chi connectivity index (χ3v) is 2.80. The minimum absolute atomic E-state index is 0.147. The van der Waals surface area contributed by atoms with Gasteiger partial charge in [0.15, 0.2) is 0 Å². The summed E-state index contributed by atoms with van der Waals surface area (Å²) in [7, 11) is 0. The van der Waals surface area contributed by atoms with Gasteiger partial charge in [0.05, 0.1) is 5.41 Å². The summed E-state index contributed by atoms with van der Waals surface area (Å²) in [6, 6.07) is -1.00. The number of carboxylic acids is 1. The number of carbonyl (C=O) groups is 2. The Kier molecular flexibility index (Phi) is 3.84. The molecule has 1 saturated carbocycles. The number of halogens is 3. The van der Waals surface area contributed by atoms with Crippen molar-refractivity contribution in [3.8, 4) is 0 Å². The number of aliphatic carboxylic acids is 1. The first-order chi connectivity index (χ1) is 7.75.